The van der Waals surface area contributed by atoms with E-state index in [1.165, 1.54) is 4.90 Å². The smallest absolute Gasteiger partial charge is 0.358 e. The molecule has 0 saturated carbocycles. The Labute approximate surface area is 108 Å². The van der Waals surface area contributed by atoms with Crippen LogP contribution in [0.1, 0.15) is 12.5 Å². The molecule has 19 heavy (non-hydrogen) atoms. The Morgan fingerprint density at radius 1 is 1.53 bits per heavy atom. The molecule has 0 aliphatic rings. The van der Waals surface area contributed by atoms with Crippen LogP contribution >= 0.6 is 0 Å². The van der Waals surface area contributed by atoms with Crippen molar-refractivity contribution in [2.24, 2.45) is 11.8 Å². The van der Waals surface area contributed by atoms with E-state index in [0.717, 1.165) is 12.1 Å². The van der Waals surface area contributed by atoms with E-state index in [1.54, 1.807) is 14.0 Å². The number of nitrogens with two attached hydrogens (primary N) is 1. The first-order valence-electron chi connectivity index (χ1n) is 5.44. The second kappa shape index (κ2) is 5.75. The van der Waals surface area contributed by atoms with Gasteiger partial charge in [-0.1, -0.05) is 0 Å². The fourth-order valence-electron chi connectivity index (χ4n) is 1.49. The van der Waals surface area contributed by atoms with Crippen LogP contribution < -0.4 is 16.2 Å². The molecule has 0 aliphatic heterocycles. The second-order valence-corrected chi connectivity index (χ2v) is 4.15. The first-order valence-corrected chi connectivity index (χ1v) is 5.44. The summed E-state index contributed by atoms with van der Waals surface area (Å²) >= 11 is 0. The summed E-state index contributed by atoms with van der Waals surface area (Å²) in [7, 11) is 1.57. The van der Waals surface area contributed by atoms with Crippen molar-refractivity contribution in [3.05, 3.63) is 17.7 Å². The van der Waals surface area contributed by atoms with Crippen molar-refractivity contribution in [3.63, 3.8) is 0 Å². The highest BCUT2D eigenvalue weighted by atomic mass is 19.4. The minimum Gasteiger partial charge on any atom is -0.358 e. The first-order chi connectivity index (χ1) is 8.77. The molecule has 1 aromatic rings. The summed E-state index contributed by atoms with van der Waals surface area (Å²) < 4.78 is 38.1. The summed E-state index contributed by atoms with van der Waals surface area (Å²) in [4.78, 5) is 5.41. The number of hydrogen-bond acceptors (Lipinski definition) is 5. The number of anilines is 2. The fraction of sp³-hybridized carbons (Fsp3) is 0.455. The average molecular weight is 273 g/mol. The van der Waals surface area contributed by atoms with Crippen LogP contribution in [0.25, 0.3) is 0 Å². The molecule has 8 heteroatoms. The number of rotatable bonds is 4. The van der Waals surface area contributed by atoms with Crippen molar-refractivity contribution in [2.45, 2.75) is 13.1 Å². The molecule has 0 radical (unpaired) electrons. The van der Waals surface area contributed by atoms with Crippen molar-refractivity contribution in [3.8, 4) is 6.07 Å². The van der Waals surface area contributed by atoms with Crippen molar-refractivity contribution in [2.75, 3.05) is 23.9 Å². The average Bonchev–Trinajstić information content (AvgIpc) is 2.36. The number of nitrogen functional groups attached to an aromatic ring is 1. The SMILES string of the molecule is CC(C#N)CN(C)c1cc(C(F)(F)F)cc(NN)n1. The van der Waals surface area contributed by atoms with Gasteiger partial charge in [0, 0.05) is 13.6 Å². The lowest BCUT2D eigenvalue weighted by molar-refractivity contribution is -0.137. The molecule has 0 saturated heterocycles. The largest absolute Gasteiger partial charge is 0.416 e. The molecule has 3 N–H and O–H groups in total. The highest BCUT2D eigenvalue weighted by molar-refractivity contribution is 5.50. The van der Waals surface area contributed by atoms with Crippen molar-refractivity contribution >= 4 is 11.6 Å². The number of nitrogens with one attached hydrogen (secondary N) is 1. The number of halogens is 3. The number of pyridine rings is 1. The molecule has 104 valence electrons. The van der Waals surface area contributed by atoms with Gasteiger partial charge in [-0.2, -0.15) is 18.4 Å². The highest BCUT2D eigenvalue weighted by Crippen LogP contribution is 2.32. The Morgan fingerprint density at radius 3 is 2.63 bits per heavy atom. The third-order valence-electron chi connectivity index (χ3n) is 2.45. The molecule has 1 heterocycles. The van der Waals surface area contributed by atoms with Gasteiger partial charge >= 0.3 is 6.18 Å². The summed E-state index contributed by atoms with van der Waals surface area (Å²) in [5.41, 5.74) is 1.25. The van der Waals surface area contributed by atoms with Crippen LogP contribution in [0.4, 0.5) is 24.8 Å². The number of nitriles is 1. The van der Waals surface area contributed by atoms with E-state index >= 15 is 0 Å². The lowest BCUT2D eigenvalue weighted by Gasteiger charge is -2.21. The zero-order valence-electron chi connectivity index (χ0n) is 10.5. The number of hydrazine groups is 1. The van der Waals surface area contributed by atoms with E-state index in [4.69, 9.17) is 11.1 Å². The van der Waals surface area contributed by atoms with Crippen molar-refractivity contribution < 1.29 is 13.2 Å². The van der Waals surface area contributed by atoms with Crippen LogP contribution in [-0.2, 0) is 6.18 Å². The molecule has 1 aromatic heterocycles. The molecule has 0 amide bonds. The molecular formula is C11H14F3N5. The molecule has 1 unspecified atom stereocenters. The van der Waals surface area contributed by atoms with Crippen LogP contribution in [0.5, 0.6) is 0 Å². The Bertz CT molecular complexity index is 480. The zero-order valence-corrected chi connectivity index (χ0v) is 10.5. The lowest BCUT2D eigenvalue weighted by Crippen LogP contribution is -2.25. The quantitative estimate of drug-likeness (QED) is 0.648. The predicted octanol–water partition coefficient (Wildman–Crippen LogP) is 1.98. The lowest BCUT2D eigenvalue weighted by atomic mass is 10.2. The van der Waals surface area contributed by atoms with E-state index in [9.17, 15) is 13.2 Å². The standard InChI is InChI=1S/C11H14F3N5/c1-7(5-15)6-19(2)10-4-8(11(12,13)14)3-9(17-10)18-16/h3-4,7H,6,16H2,1-2H3,(H,17,18). The number of alkyl halides is 3. The Hall–Kier alpha value is -2.01. The summed E-state index contributed by atoms with van der Waals surface area (Å²) in [5, 5.41) is 8.71. The van der Waals surface area contributed by atoms with Gasteiger partial charge in [0.15, 0.2) is 0 Å². The van der Waals surface area contributed by atoms with Gasteiger partial charge in [-0.05, 0) is 19.1 Å². The van der Waals surface area contributed by atoms with E-state index in [1.807, 2.05) is 6.07 Å². The van der Waals surface area contributed by atoms with Gasteiger partial charge in [0.1, 0.15) is 11.6 Å². The molecule has 0 spiro atoms. The molecule has 0 fully saturated rings. The second-order valence-electron chi connectivity index (χ2n) is 4.15. The van der Waals surface area contributed by atoms with Gasteiger partial charge in [0.2, 0.25) is 0 Å². The predicted molar refractivity (Wildman–Crippen MR) is 65.1 cm³/mol. The van der Waals surface area contributed by atoms with Gasteiger partial charge in [0.05, 0.1) is 17.6 Å². The van der Waals surface area contributed by atoms with Gasteiger partial charge < -0.3 is 10.3 Å². The van der Waals surface area contributed by atoms with Crippen LogP contribution in [0.15, 0.2) is 12.1 Å². The number of nitrogens with zero attached hydrogens (tertiary/aromatic N) is 3. The van der Waals surface area contributed by atoms with Crippen LogP contribution in [0, 0.1) is 17.2 Å². The van der Waals surface area contributed by atoms with Gasteiger partial charge in [-0.3, -0.25) is 0 Å². The Balaban J connectivity index is 3.10. The Kier molecular flexibility index (Phi) is 4.56. The third-order valence-corrected chi connectivity index (χ3v) is 2.45. The first kappa shape index (κ1) is 15.0. The van der Waals surface area contributed by atoms with Gasteiger partial charge in [0.25, 0.3) is 0 Å². The van der Waals surface area contributed by atoms with E-state index in [2.05, 4.69) is 10.4 Å². The molecule has 5 nitrogen and oxygen atoms in total. The van der Waals surface area contributed by atoms with E-state index < -0.39 is 11.7 Å². The number of aromatic nitrogens is 1. The molecular weight excluding hydrogens is 259 g/mol. The summed E-state index contributed by atoms with van der Waals surface area (Å²) in [6.45, 7) is 1.95. The molecule has 0 aromatic carbocycles. The van der Waals surface area contributed by atoms with Crippen LogP contribution in [0.3, 0.4) is 0 Å². The van der Waals surface area contributed by atoms with Gasteiger partial charge in [-0.15, -0.1) is 0 Å². The maximum absolute atomic E-state index is 12.7. The van der Waals surface area contributed by atoms with Crippen LogP contribution in [0.2, 0.25) is 0 Å². The summed E-state index contributed by atoms with van der Waals surface area (Å²) in [6.07, 6.45) is -4.48. The van der Waals surface area contributed by atoms with E-state index in [0.29, 0.717) is 0 Å². The van der Waals surface area contributed by atoms with Gasteiger partial charge in [-0.25, -0.2) is 10.8 Å². The van der Waals surface area contributed by atoms with Crippen LogP contribution in [-0.4, -0.2) is 18.6 Å². The van der Waals surface area contributed by atoms with Crippen molar-refractivity contribution in [1.29, 1.82) is 5.26 Å². The Morgan fingerprint density at radius 2 is 2.16 bits per heavy atom. The van der Waals surface area contributed by atoms with Crippen molar-refractivity contribution in [1.82, 2.24) is 4.98 Å². The normalized spacial score (nSPS) is 12.7. The molecule has 1 rings (SSSR count). The zero-order chi connectivity index (χ0) is 14.6. The maximum Gasteiger partial charge on any atom is 0.416 e. The minimum absolute atomic E-state index is 0.0821. The summed E-state index contributed by atoms with van der Waals surface area (Å²) in [5.74, 6) is 4.80. The monoisotopic (exact) mass is 273 g/mol. The molecule has 0 aliphatic carbocycles. The fourth-order valence-corrected chi connectivity index (χ4v) is 1.49. The molecule has 0 bridgehead atoms. The molecule has 1 atom stereocenters. The number of hydrogen-bond donors (Lipinski definition) is 2. The summed E-state index contributed by atoms with van der Waals surface area (Å²) in [6, 6.07) is 3.75. The maximum atomic E-state index is 12.7. The van der Waals surface area contributed by atoms with E-state index in [-0.39, 0.29) is 24.1 Å². The minimum atomic E-state index is -4.48. The topological polar surface area (TPSA) is 78.0 Å². The highest BCUT2D eigenvalue weighted by Gasteiger charge is 2.32. The third kappa shape index (κ3) is 3.99.